The molecule has 1 aromatic carbocycles. The summed E-state index contributed by atoms with van der Waals surface area (Å²) in [6.07, 6.45) is 1.86. The molecule has 19 heavy (non-hydrogen) atoms. The molecule has 5 heteroatoms. The first-order valence-electron chi connectivity index (χ1n) is 5.63. The van der Waals surface area contributed by atoms with Gasteiger partial charge >= 0.3 is 5.97 Å². The molecule has 0 N–H and O–H groups in total. The number of carbonyl (C=O) groups is 1. The van der Waals surface area contributed by atoms with Gasteiger partial charge in [0.25, 0.3) is 0 Å². The molecule has 2 aromatic rings. The summed E-state index contributed by atoms with van der Waals surface area (Å²) in [5.41, 5.74) is 0.927. The highest BCUT2D eigenvalue weighted by molar-refractivity contribution is 7.99. The van der Waals surface area contributed by atoms with E-state index in [1.54, 1.807) is 12.3 Å². The Morgan fingerprint density at radius 3 is 2.79 bits per heavy atom. The number of aromatic nitrogens is 1. The standard InChI is InChI=1S/C14H12ClNO2S/c1-18-14(17)8-10-4-2-3-5-12(10)19-13-7-6-11(15)9-16-13/h2-7,9H,8H2,1H3. The number of nitrogens with zero attached hydrogens (tertiary/aromatic N) is 1. The first-order chi connectivity index (χ1) is 9.19. The Balaban J connectivity index is 2.20. The maximum atomic E-state index is 11.4. The molecule has 0 aliphatic heterocycles. The van der Waals surface area contributed by atoms with Crippen molar-refractivity contribution in [2.45, 2.75) is 16.3 Å². The van der Waals surface area contributed by atoms with Gasteiger partial charge in [-0.1, -0.05) is 41.6 Å². The van der Waals surface area contributed by atoms with E-state index >= 15 is 0 Å². The lowest BCUT2D eigenvalue weighted by Gasteiger charge is -2.07. The average Bonchev–Trinajstić information content (AvgIpc) is 2.43. The molecule has 0 aliphatic rings. The number of hydrogen-bond donors (Lipinski definition) is 0. The number of halogens is 1. The van der Waals surface area contributed by atoms with Gasteiger partial charge in [0.05, 0.1) is 18.6 Å². The van der Waals surface area contributed by atoms with Gasteiger partial charge in [-0.3, -0.25) is 4.79 Å². The fraction of sp³-hybridized carbons (Fsp3) is 0.143. The molecule has 0 spiro atoms. The Kier molecular flexibility index (Phi) is 4.82. The van der Waals surface area contributed by atoms with E-state index < -0.39 is 0 Å². The Morgan fingerprint density at radius 1 is 1.32 bits per heavy atom. The van der Waals surface area contributed by atoms with E-state index in [-0.39, 0.29) is 12.4 Å². The highest BCUT2D eigenvalue weighted by Crippen LogP contribution is 2.29. The zero-order valence-electron chi connectivity index (χ0n) is 10.3. The minimum atomic E-state index is -0.253. The largest absolute Gasteiger partial charge is 0.469 e. The molecule has 0 radical (unpaired) electrons. The van der Waals surface area contributed by atoms with Crippen LogP contribution >= 0.6 is 23.4 Å². The second-order valence-corrected chi connectivity index (χ2v) is 5.28. The summed E-state index contributed by atoms with van der Waals surface area (Å²) >= 11 is 7.30. The summed E-state index contributed by atoms with van der Waals surface area (Å²) in [6, 6.07) is 11.3. The number of carbonyl (C=O) groups excluding carboxylic acids is 1. The third-order valence-corrected chi connectivity index (χ3v) is 3.74. The number of benzene rings is 1. The van der Waals surface area contributed by atoms with E-state index in [1.165, 1.54) is 18.9 Å². The topological polar surface area (TPSA) is 39.2 Å². The molecular weight excluding hydrogens is 282 g/mol. The SMILES string of the molecule is COC(=O)Cc1ccccc1Sc1ccc(Cl)cn1. The van der Waals surface area contributed by atoms with Crippen LogP contribution in [0.2, 0.25) is 5.02 Å². The smallest absolute Gasteiger partial charge is 0.310 e. The monoisotopic (exact) mass is 293 g/mol. The van der Waals surface area contributed by atoms with Crippen molar-refractivity contribution in [2.75, 3.05) is 7.11 Å². The molecule has 1 heterocycles. The predicted octanol–water partition coefficient (Wildman–Crippen LogP) is 3.60. The minimum absolute atomic E-state index is 0.253. The van der Waals surface area contributed by atoms with E-state index in [0.717, 1.165) is 15.5 Å². The van der Waals surface area contributed by atoms with Crippen LogP contribution in [0.3, 0.4) is 0 Å². The third-order valence-electron chi connectivity index (χ3n) is 2.45. The zero-order chi connectivity index (χ0) is 13.7. The van der Waals surface area contributed by atoms with Gasteiger partial charge in [0.2, 0.25) is 0 Å². The second-order valence-electron chi connectivity index (χ2n) is 3.78. The molecule has 0 bridgehead atoms. The van der Waals surface area contributed by atoms with Crippen molar-refractivity contribution >= 4 is 29.3 Å². The number of esters is 1. The summed E-state index contributed by atoms with van der Waals surface area (Å²) < 4.78 is 4.69. The molecule has 2 rings (SSSR count). The van der Waals surface area contributed by atoms with Gasteiger partial charge in [-0.15, -0.1) is 0 Å². The van der Waals surface area contributed by atoms with Crippen LogP contribution in [0.5, 0.6) is 0 Å². The number of hydrogen-bond acceptors (Lipinski definition) is 4. The van der Waals surface area contributed by atoms with E-state index in [1.807, 2.05) is 30.3 Å². The maximum absolute atomic E-state index is 11.4. The molecule has 98 valence electrons. The maximum Gasteiger partial charge on any atom is 0.310 e. The lowest BCUT2D eigenvalue weighted by atomic mass is 10.1. The highest BCUT2D eigenvalue weighted by atomic mass is 35.5. The first-order valence-corrected chi connectivity index (χ1v) is 6.82. The number of methoxy groups -OCH3 is 1. The van der Waals surface area contributed by atoms with Gasteiger partial charge < -0.3 is 4.74 Å². The van der Waals surface area contributed by atoms with Crippen LogP contribution in [-0.2, 0) is 16.0 Å². The molecule has 0 aliphatic carbocycles. The van der Waals surface area contributed by atoms with Gasteiger partial charge in [0.15, 0.2) is 0 Å². The summed E-state index contributed by atoms with van der Waals surface area (Å²) in [5.74, 6) is -0.253. The van der Waals surface area contributed by atoms with Crippen molar-refractivity contribution in [3.05, 3.63) is 53.2 Å². The van der Waals surface area contributed by atoms with Crippen LogP contribution in [0.1, 0.15) is 5.56 Å². The number of pyridine rings is 1. The quantitative estimate of drug-likeness (QED) is 0.808. The molecule has 1 aromatic heterocycles. The summed E-state index contributed by atoms with van der Waals surface area (Å²) in [5, 5.41) is 1.44. The number of ether oxygens (including phenoxy) is 1. The lowest BCUT2D eigenvalue weighted by molar-refractivity contribution is -0.139. The first kappa shape index (κ1) is 13.9. The fourth-order valence-corrected chi connectivity index (χ4v) is 2.51. The minimum Gasteiger partial charge on any atom is -0.469 e. The van der Waals surface area contributed by atoms with E-state index in [9.17, 15) is 4.79 Å². The highest BCUT2D eigenvalue weighted by Gasteiger charge is 2.09. The van der Waals surface area contributed by atoms with Crippen molar-refractivity contribution < 1.29 is 9.53 Å². The molecular formula is C14H12ClNO2S. The Hall–Kier alpha value is -1.52. The molecule has 0 saturated carbocycles. The van der Waals surface area contributed by atoms with Crippen LogP contribution < -0.4 is 0 Å². The zero-order valence-corrected chi connectivity index (χ0v) is 11.9. The molecule has 0 saturated heterocycles. The van der Waals surface area contributed by atoms with E-state index in [2.05, 4.69) is 4.98 Å². The summed E-state index contributed by atoms with van der Waals surface area (Å²) in [7, 11) is 1.39. The van der Waals surface area contributed by atoms with Crippen molar-refractivity contribution in [2.24, 2.45) is 0 Å². The predicted molar refractivity (Wildman–Crippen MR) is 75.5 cm³/mol. The Labute approximate surface area is 121 Å². The van der Waals surface area contributed by atoms with E-state index in [0.29, 0.717) is 5.02 Å². The molecule has 0 atom stereocenters. The molecule has 0 fully saturated rings. The summed E-state index contributed by atoms with van der Waals surface area (Å²) in [4.78, 5) is 16.6. The van der Waals surface area contributed by atoms with Gasteiger partial charge in [0, 0.05) is 11.1 Å². The molecule has 3 nitrogen and oxygen atoms in total. The van der Waals surface area contributed by atoms with Crippen LogP contribution in [0.15, 0.2) is 52.5 Å². The van der Waals surface area contributed by atoms with Crippen molar-refractivity contribution in [1.29, 1.82) is 0 Å². The van der Waals surface area contributed by atoms with Gasteiger partial charge in [-0.05, 0) is 23.8 Å². The fourth-order valence-electron chi connectivity index (χ4n) is 1.51. The second kappa shape index (κ2) is 6.59. The third kappa shape index (κ3) is 3.98. The average molecular weight is 294 g/mol. The van der Waals surface area contributed by atoms with Crippen molar-refractivity contribution in [3.8, 4) is 0 Å². The Morgan fingerprint density at radius 2 is 2.11 bits per heavy atom. The lowest BCUT2D eigenvalue weighted by Crippen LogP contribution is -2.05. The van der Waals surface area contributed by atoms with Crippen molar-refractivity contribution in [1.82, 2.24) is 4.98 Å². The van der Waals surface area contributed by atoms with Crippen molar-refractivity contribution in [3.63, 3.8) is 0 Å². The Bertz CT molecular complexity index is 572. The number of rotatable bonds is 4. The molecule has 0 unspecified atom stereocenters. The van der Waals surface area contributed by atoms with Crippen LogP contribution in [0.4, 0.5) is 0 Å². The summed E-state index contributed by atoms with van der Waals surface area (Å²) in [6.45, 7) is 0. The van der Waals surface area contributed by atoms with E-state index in [4.69, 9.17) is 16.3 Å². The van der Waals surface area contributed by atoms with Gasteiger partial charge in [-0.25, -0.2) is 4.98 Å². The molecule has 0 amide bonds. The normalized spacial score (nSPS) is 10.2. The van der Waals surface area contributed by atoms with Crippen LogP contribution in [0, 0.1) is 0 Å². The van der Waals surface area contributed by atoms with Gasteiger partial charge in [-0.2, -0.15) is 0 Å². The van der Waals surface area contributed by atoms with Crippen LogP contribution in [0.25, 0.3) is 0 Å². The van der Waals surface area contributed by atoms with Crippen LogP contribution in [-0.4, -0.2) is 18.1 Å². The van der Waals surface area contributed by atoms with Gasteiger partial charge in [0.1, 0.15) is 5.03 Å².